The highest BCUT2D eigenvalue weighted by molar-refractivity contribution is 8.00. The van der Waals surface area contributed by atoms with E-state index in [1.807, 2.05) is 6.92 Å². The number of hydrogen-bond donors (Lipinski definition) is 0. The Hall–Kier alpha value is 0.0900. The van der Waals surface area contributed by atoms with Crippen molar-refractivity contribution in [1.29, 1.82) is 0 Å². The van der Waals surface area contributed by atoms with Crippen molar-refractivity contribution < 1.29 is 0 Å². The molecule has 0 atom stereocenters. The van der Waals surface area contributed by atoms with Gasteiger partial charge in [-0.2, -0.15) is 11.8 Å². The minimum atomic E-state index is 1.11. The summed E-state index contributed by atoms with van der Waals surface area (Å²) in [5.74, 6) is 1.11. The van der Waals surface area contributed by atoms with Crippen molar-refractivity contribution in [2.75, 3.05) is 5.75 Å². The molecule has 0 fully saturated rings. The number of rotatable bonds is 3. The molecule has 0 aliphatic carbocycles. The Morgan fingerprint density at radius 3 is 2.43 bits per heavy atom. The smallest absolute Gasteiger partial charge is 0.00237 e. The van der Waals surface area contributed by atoms with Gasteiger partial charge in [-0.15, -0.1) is 6.58 Å². The summed E-state index contributed by atoms with van der Waals surface area (Å²) in [4.78, 5) is 0. The van der Waals surface area contributed by atoms with Gasteiger partial charge in [0.25, 0.3) is 0 Å². The van der Waals surface area contributed by atoms with Gasteiger partial charge in [0.1, 0.15) is 0 Å². The lowest BCUT2D eigenvalue weighted by molar-refractivity contribution is 1.13. The predicted octanol–water partition coefficient (Wildman–Crippen LogP) is 2.48. The van der Waals surface area contributed by atoms with Crippen molar-refractivity contribution in [3.8, 4) is 0 Å². The molecule has 0 aliphatic rings. The molecule has 0 saturated carbocycles. The van der Waals surface area contributed by atoms with E-state index in [0.29, 0.717) is 0 Å². The molecule has 0 N–H and O–H groups in total. The molecule has 0 heterocycles. The first-order chi connectivity index (χ1) is 3.27. The van der Waals surface area contributed by atoms with Gasteiger partial charge < -0.3 is 0 Å². The predicted molar refractivity (Wildman–Crippen MR) is 37.2 cm³/mol. The highest BCUT2D eigenvalue weighted by Gasteiger charge is 1.81. The minimum absolute atomic E-state index is 1.11. The van der Waals surface area contributed by atoms with Crippen LogP contribution in [0.1, 0.15) is 13.3 Å². The highest BCUT2D eigenvalue weighted by atomic mass is 32.2. The van der Waals surface area contributed by atoms with Crippen molar-refractivity contribution in [3.05, 3.63) is 18.4 Å². The molecule has 0 aliphatic heterocycles. The molecule has 0 unspecified atom stereocenters. The van der Waals surface area contributed by atoms with Crippen LogP contribution >= 0.6 is 11.8 Å². The van der Waals surface area contributed by atoms with E-state index >= 15 is 0 Å². The molecule has 0 saturated heterocycles. The molecule has 0 spiro atoms. The largest absolute Gasteiger partial charge is 0.161 e. The highest BCUT2D eigenvalue weighted by Crippen LogP contribution is 2.03. The quantitative estimate of drug-likeness (QED) is 0.509. The van der Waals surface area contributed by atoms with E-state index in [1.54, 1.807) is 11.8 Å². The molecule has 0 rings (SSSR count). The SMILES string of the molecule is [CH2]SCCC(=C)C. The number of hydrogen-bond acceptors (Lipinski definition) is 1. The van der Waals surface area contributed by atoms with Gasteiger partial charge in [-0.05, 0) is 19.1 Å². The van der Waals surface area contributed by atoms with E-state index in [1.165, 1.54) is 5.57 Å². The Balaban J connectivity index is 2.82. The van der Waals surface area contributed by atoms with Crippen molar-refractivity contribution in [2.45, 2.75) is 13.3 Å². The Bertz CT molecular complexity index is 57.2. The molecular weight excluding hydrogens is 104 g/mol. The standard InChI is InChI=1S/C6H11S/c1-6(2)4-5-7-3/h1,3-5H2,2H3. The Kier molecular flexibility index (Phi) is 4.31. The van der Waals surface area contributed by atoms with Crippen LogP contribution < -0.4 is 0 Å². The summed E-state index contributed by atoms with van der Waals surface area (Å²) in [5.41, 5.74) is 1.25. The summed E-state index contributed by atoms with van der Waals surface area (Å²) in [6, 6.07) is 0. The summed E-state index contributed by atoms with van der Waals surface area (Å²) >= 11 is 1.62. The first-order valence-corrected chi connectivity index (χ1v) is 3.44. The number of thioether (sulfide) groups is 1. The van der Waals surface area contributed by atoms with Gasteiger partial charge in [-0.3, -0.25) is 0 Å². The second kappa shape index (κ2) is 4.25. The molecule has 7 heavy (non-hydrogen) atoms. The lowest BCUT2D eigenvalue weighted by Crippen LogP contribution is -1.75. The monoisotopic (exact) mass is 115 g/mol. The van der Waals surface area contributed by atoms with Gasteiger partial charge >= 0.3 is 0 Å². The third-order valence-electron chi connectivity index (χ3n) is 0.673. The van der Waals surface area contributed by atoms with Crippen molar-refractivity contribution >= 4 is 11.8 Å². The zero-order chi connectivity index (χ0) is 5.70. The normalized spacial score (nSPS) is 8.86. The Labute approximate surface area is 50.0 Å². The molecule has 0 bridgehead atoms. The van der Waals surface area contributed by atoms with Crippen LogP contribution in [0.25, 0.3) is 0 Å². The molecule has 0 aromatic heterocycles. The third kappa shape index (κ3) is 6.09. The summed E-state index contributed by atoms with van der Waals surface area (Å²) in [7, 11) is 0. The summed E-state index contributed by atoms with van der Waals surface area (Å²) in [6.45, 7) is 5.79. The molecular formula is C6H11S. The molecule has 0 aromatic rings. The first-order valence-electron chi connectivity index (χ1n) is 2.28. The molecule has 0 aromatic carbocycles. The van der Waals surface area contributed by atoms with E-state index in [4.69, 9.17) is 0 Å². The van der Waals surface area contributed by atoms with Crippen LogP contribution in [0.15, 0.2) is 12.2 Å². The van der Waals surface area contributed by atoms with Crippen molar-refractivity contribution in [2.24, 2.45) is 0 Å². The van der Waals surface area contributed by atoms with Crippen LogP contribution in [0.5, 0.6) is 0 Å². The van der Waals surface area contributed by atoms with Crippen LogP contribution in [0, 0.1) is 6.26 Å². The van der Waals surface area contributed by atoms with Crippen LogP contribution in [0.4, 0.5) is 0 Å². The van der Waals surface area contributed by atoms with Crippen LogP contribution in [0.2, 0.25) is 0 Å². The van der Waals surface area contributed by atoms with E-state index in [-0.39, 0.29) is 0 Å². The molecule has 0 nitrogen and oxygen atoms in total. The zero-order valence-electron chi connectivity index (χ0n) is 4.74. The Morgan fingerprint density at radius 2 is 2.29 bits per heavy atom. The topological polar surface area (TPSA) is 0 Å². The van der Waals surface area contributed by atoms with E-state index in [2.05, 4.69) is 12.8 Å². The van der Waals surface area contributed by atoms with Crippen LogP contribution in [-0.2, 0) is 0 Å². The van der Waals surface area contributed by atoms with Gasteiger partial charge in [0, 0.05) is 6.26 Å². The van der Waals surface area contributed by atoms with E-state index in [9.17, 15) is 0 Å². The third-order valence-corrected chi connectivity index (χ3v) is 1.17. The summed E-state index contributed by atoms with van der Waals surface area (Å²) in [5, 5.41) is 0. The van der Waals surface area contributed by atoms with Gasteiger partial charge in [-0.1, -0.05) is 5.57 Å². The van der Waals surface area contributed by atoms with Crippen molar-refractivity contribution in [3.63, 3.8) is 0 Å². The average Bonchev–Trinajstić information content (AvgIpc) is 1.61. The average molecular weight is 115 g/mol. The molecule has 0 amide bonds. The summed E-state index contributed by atoms with van der Waals surface area (Å²) in [6.07, 6.45) is 4.74. The van der Waals surface area contributed by atoms with Crippen LogP contribution in [-0.4, -0.2) is 5.75 Å². The maximum Gasteiger partial charge on any atom is 0.00237 e. The maximum atomic E-state index is 3.75. The maximum absolute atomic E-state index is 3.75. The second-order valence-electron chi connectivity index (χ2n) is 1.62. The summed E-state index contributed by atoms with van der Waals surface area (Å²) < 4.78 is 0. The lowest BCUT2D eigenvalue weighted by atomic mass is 10.3. The van der Waals surface area contributed by atoms with Gasteiger partial charge in [0.2, 0.25) is 0 Å². The first kappa shape index (κ1) is 7.09. The van der Waals surface area contributed by atoms with Gasteiger partial charge in [0.05, 0.1) is 0 Å². The fourth-order valence-corrected chi connectivity index (χ4v) is 0.739. The van der Waals surface area contributed by atoms with Gasteiger partial charge in [-0.25, -0.2) is 0 Å². The van der Waals surface area contributed by atoms with E-state index in [0.717, 1.165) is 12.2 Å². The minimum Gasteiger partial charge on any atom is -0.161 e. The number of allylic oxidation sites excluding steroid dienone is 1. The van der Waals surface area contributed by atoms with E-state index < -0.39 is 0 Å². The van der Waals surface area contributed by atoms with Crippen molar-refractivity contribution in [1.82, 2.24) is 0 Å². The fraction of sp³-hybridized carbons (Fsp3) is 0.500. The van der Waals surface area contributed by atoms with Gasteiger partial charge in [0.15, 0.2) is 0 Å². The lowest BCUT2D eigenvalue weighted by Gasteiger charge is -1.91. The fourth-order valence-electron chi connectivity index (χ4n) is 0.246. The van der Waals surface area contributed by atoms with Crippen LogP contribution in [0.3, 0.4) is 0 Å². The molecule has 41 valence electrons. The second-order valence-corrected chi connectivity index (χ2v) is 2.43. The Morgan fingerprint density at radius 1 is 1.71 bits per heavy atom. The molecule has 1 heteroatoms. The molecule has 1 radical (unpaired) electrons. The zero-order valence-corrected chi connectivity index (χ0v) is 5.55.